The number of aryl methyl sites for hydroxylation is 1. The molecule has 0 unspecified atom stereocenters. The Labute approximate surface area is 177 Å². The maximum Gasteiger partial charge on any atom is 0.231 e. The van der Waals surface area contributed by atoms with Crippen LogP contribution in [0.15, 0.2) is 52.1 Å². The summed E-state index contributed by atoms with van der Waals surface area (Å²) in [6, 6.07) is 12.0. The fraction of sp³-hybridized carbons (Fsp3) is 0.304. The molecule has 0 bridgehead atoms. The van der Waals surface area contributed by atoms with Crippen LogP contribution in [0, 0.1) is 6.92 Å². The van der Waals surface area contributed by atoms with E-state index < -0.39 is 0 Å². The molecule has 5 rings (SSSR count). The summed E-state index contributed by atoms with van der Waals surface area (Å²) in [6.07, 6.45) is 1.36. The van der Waals surface area contributed by atoms with Crippen molar-refractivity contribution < 1.29 is 19.1 Å². The summed E-state index contributed by atoms with van der Waals surface area (Å²) in [5.74, 6) is 1.17. The fourth-order valence-corrected chi connectivity index (χ4v) is 5.10. The number of carbonyl (C=O) groups is 2. The molecule has 29 heavy (non-hydrogen) atoms. The lowest BCUT2D eigenvalue weighted by atomic mass is 9.73. The zero-order valence-electron chi connectivity index (χ0n) is 16.0. The molecule has 1 aliphatic carbocycles. The van der Waals surface area contributed by atoms with E-state index in [1.54, 1.807) is 0 Å². The molecular formula is C23H20BrNO4. The molecule has 3 aliphatic rings. The van der Waals surface area contributed by atoms with Crippen molar-refractivity contribution in [1.29, 1.82) is 0 Å². The lowest BCUT2D eigenvalue weighted by Gasteiger charge is -2.35. The summed E-state index contributed by atoms with van der Waals surface area (Å²) in [7, 11) is 0. The van der Waals surface area contributed by atoms with Crippen LogP contribution in [0.25, 0.3) is 0 Å². The van der Waals surface area contributed by atoms with Gasteiger partial charge in [0.15, 0.2) is 17.3 Å². The Morgan fingerprint density at radius 3 is 2.48 bits per heavy atom. The highest BCUT2D eigenvalue weighted by atomic mass is 79.9. The van der Waals surface area contributed by atoms with Gasteiger partial charge in [-0.3, -0.25) is 9.59 Å². The molecule has 6 heteroatoms. The Morgan fingerprint density at radius 1 is 1.00 bits per heavy atom. The minimum atomic E-state index is -0.283. The first kappa shape index (κ1) is 18.4. The smallest absolute Gasteiger partial charge is 0.231 e. The first-order valence-corrected chi connectivity index (χ1v) is 10.5. The van der Waals surface area contributed by atoms with Gasteiger partial charge in [-0.15, -0.1) is 0 Å². The molecule has 1 N–H and O–H groups in total. The number of nitrogens with one attached hydrogen (secondary N) is 1. The molecule has 0 saturated carbocycles. The van der Waals surface area contributed by atoms with Crippen molar-refractivity contribution in [2.75, 3.05) is 6.79 Å². The number of ketones is 1. The van der Waals surface area contributed by atoms with E-state index in [1.807, 2.05) is 19.1 Å². The Kier molecular flexibility index (Phi) is 4.46. The Bertz CT molecular complexity index is 1060. The minimum Gasteiger partial charge on any atom is -0.454 e. The van der Waals surface area contributed by atoms with Crippen molar-refractivity contribution in [2.45, 2.75) is 38.0 Å². The number of hydrogen-bond acceptors (Lipinski definition) is 4. The molecule has 5 nitrogen and oxygen atoms in total. The SMILES string of the molecule is Cc1ccc([C@H]2CC(=O)C3=C(C2)NC(=O)C[C@@H]3c2cc3c(cc2Br)OCO3)cc1. The van der Waals surface area contributed by atoms with Gasteiger partial charge >= 0.3 is 0 Å². The molecule has 0 radical (unpaired) electrons. The number of hydrogen-bond donors (Lipinski definition) is 1. The topological polar surface area (TPSA) is 64.6 Å². The van der Waals surface area contributed by atoms with Gasteiger partial charge in [-0.1, -0.05) is 45.8 Å². The predicted molar refractivity (Wildman–Crippen MR) is 111 cm³/mol. The third kappa shape index (κ3) is 3.25. The fourth-order valence-electron chi connectivity index (χ4n) is 4.50. The summed E-state index contributed by atoms with van der Waals surface area (Å²) in [5, 5.41) is 2.98. The van der Waals surface area contributed by atoms with Gasteiger partial charge in [-0.05, 0) is 42.5 Å². The van der Waals surface area contributed by atoms with Crippen LogP contribution < -0.4 is 14.8 Å². The van der Waals surface area contributed by atoms with Gasteiger partial charge in [0, 0.05) is 34.5 Å². The van der Waals surface area contributed by atoms with Gasteiger partial charge < -0.3 is 14.8 Å². The highest BCUT2D eigenvalue weighted by molar-refractivity contribution is 9.10. The highest BCUT2D eigenvalue weighted by Crippen LogP contribution is 2.47. The number of amides is 1. The molecule has 0 aromatic heterocycles. The van der Waals surface area contributed by atoms with Crippen molar-refractivity contribution in [1.82, 2.24) is 5.32 Å². The maximum atomic E-state index is 13.2. The van der Waals surface area contributed by atoms with E-state index >= 15 is 0 Å². The van der Waals surface area contributed by atoms with Crippen LogP contribution in [0.4, 0.5) is 0 Å². The second-order valence-electron chi connectivity index (χ2n) is 7.86. The van der Waals surface area contributed by atoms with Crippen LogP contribution in [0.5, 0.6) is 11.5 Å². The van der Waals surface area contributed by atoms with E-state index in [4.69, 9.17) is 9.47 Å². The number of halogens is 1. The van der Waals surface area contributed by atoms with Crippen LogP contribution in [0.3, 0.4) is 0 Å². The number of ether oxygens (including phenoxy) is 2. The third-order valence-corrected chi connectivity index (χ3v) is 6.64. The number of fused-ring (bicyclic) bond motifs is 1. The number of rotatable bonds is 2. The lowest BCUT2D eigenvalue weighted by molar-refractivity contribution is -0.122. The number of allylic oxidation sites excluding steroid dienone is 2. The first-order chi connectivity index (χ1) is 14.0. The summed E-state index contributed by atoms with van der Waals surface area (Å²) in [5.41, 5.74) is 4.70. The largest absolute Gasteiger partial charge is 0.454 e. The Morgan fingerprint density at radius 2 is 1.72 bits per heavy atom. The second kappa shape index (κ2) is 7.02. The van der Waals surface area contributed by atoms with Crippen molar-refractivity contribution in [3.05, 3.63) is 68.8 Å². The minimum absolute atomic E-state index is 0.0596. The van der Waals surface area contributed by atoms with Crippen molar-refractivity contribution in [3.8, 4) is 11.5 Å². The quantitative estimate of drug-likeness (QED) is 0.727. The summed E-state index contributed by atoms with van der Waals surface area (Å²) >= 11 is 3.60. The zero-order valence-corrected chi connectivity index (χ0v) is 17.5. The summed E-state index contributed by atoms with van der Waals surface area (Å²) in [6.45, 7) is 2.23. The Hall–Kier alpha value is -2.60. The second-order valence-corrected chi connectivity index (χ2v) is 8.72. The molecule has 0 fully saturated rings. The normalized spacial score (nSPS) is 23.1. The predicted octanol–water partition coefficient (Wildman–Crippen LogP) is 4.49. The van der Waals surface area contributed by atoms with Crippen LogP contribution in [0.2, 0.25) is 0 Å². The molecule has 1 amide bonds. The first-order valence-electron chi connectivity index (χ1n) is 9.71. The molecule has 2 aliphatic heterocycles. The van der Waals surface area contributed by atoms with Gasteiger partial charge in [-0.2, -0.15) is 0 Å². The molecule has 2 aromatic rings. The van der Waals surface area contributed by atoms with E-state index in [0.29, 0.717) is 24.3 Å². The standard InChI is InChI=1S/C23H20BrNO4/c1-12-2-4-13(5-3-12)14-6-18-23(19(26)7-14)16(9-22(27)25-18)15-8-20-21(10-17(15)24)29-11-28-20/h2-5,8,10,14,16H,6-7,9,11H2,1H3,(H,25,27)/t14-,16-/m1/s1. The van der Waals surface area contributed by atoms with Gasteiger partial charge in [0.25, 0.3) is 0 Å². The average Bonchev–Trinajstić information content (AvgIpc) is 3.14. The maximum absolute atomic E-state index is 13.2. The van der Waals surface area contributed by atoms with Crippen molar-refractivity contribution in [2.24, 2.45) is 0 Å². The van der Waals surface area contributed by atoms with E-state index in [-0.39, 0.29) is 36.7 Å². The number of carbonyl (C=O) groups excluding carboxylic acids is 2. The van der Waals surface area contributed by atoms with E-state index in [0.717, 1.165) is 26.9 Å². The molecule has 2 aromatic carbocycles. The number of Topliss-reactive ketones (excluding diaryl/α,β-unsaturated/α-hetero) is 1. The zero-order chi connectivity index (χ0) is 20.1. The van der Waals surface area contributed by atoms with Crippen LogP contribution >= 0.6 is 15.9 Å². The van der Waals surface area contributed by atoms with Gasteiger partial charge in [0.1, 0.15) is 0 Å². The van der Waals surface area contributed by atoms with Gasteiger partial charge in [-0.25, -0.2) is 0 Å². The van der Waals surface area contributed by atoms with Crippen molar-refractivity contribution >= 4 is 27.6 Å². The van der Waals surface area contributed by atoms with E-state index in [2.05, 4.69) is 45.5 Å². The van der Waals surface area contributed by atoms with Gasteiger partial charge in [0.05, 0.1) is 0 Å². The average molecular weight is 454 g/mol. The summed E-state index contributed by atoms with van der Waals surface area (Å²) < 4.78 is 11.8. The molecule has 2 heterocycles. The molecule has 2 atom stereocenters. The molecule has 148 valence electrons. The van der Waals surface area contributed by atoms with E-state index in [1.165, 1.54) is 5.56 Å². The third-order valence-electron chi connectivity index (χ3n) is 5.95. The van der Waals surface area contributed by atoms with E-state index in [9.17, 15) is 9.59 Å². The Balaban J connectivity index is 1.54. The van der Waals surface area contributed by atoms with Crippen LogP contribution in [0.1, 0.15) is 47.8 Å². The molecule has 0 saturated heterocycles. The van der Waals surface area contributed by atoms with Crippen molar-refractivity contribution in [3.63, 3.8) is 0 Å². The van der Waals surface area contributed by atoms with Crippen LogP contribution in [-0.2, 0) is 9.59 Å². The van der Waals surface area contributed by atoms with Gasteiger partial charge in [0.2, 0.25) is 12.7 Å². The molecule has 0 spiro atoms. The monoisotopic (exact) mass is 453 g/mol. The molecular weight excluding hydrogens is 434 g/mol. The van der Waals surface area contributed by atoms with Crippen LogP contribution in [-0.4, -0.2) is 18.5 Å². The summed E-state index contributed by atoms with van der Waals surface area (Å²) in [4.78, 5) is 25.7. The number of benzene rings is 2. The highest BCUT2D eigenvalue weighted by Gasteiger charge is 2.39. The lowest BCUT2D eigenvalue weighted by Crippen LogP contribution is -2.38.